The predicted molar refractivity (Wildman–Crippen MR) is 70.4 cm³/mol. The molecule has 4 nitrogen and oxygen atoms in total. The molecular formula is C13H10BrF2N3O. The Morgan fingerprint density at radius 1 is 1.45 bits per heavy atom. The second-order valence-corrected chi connectivity index (χ2v) is 5.20. The largest absolute Gasteiger partial charge is 0.339 e. The van der Waals surface area contributed by atoms with Crippen LogP contribution in [0.5, 0.6) is 0 Å². The fourth-order valence-electron chi connectivity index (χ4n) is 1.67. The number of nitriles is 1. The lowest BCUT2D eigenvalue weighted by molar-refractivity contribution is 0.359. The molecule has 1 unspecified atom stereocenters. The molecule has 0 aliphatic carbocycles. The second kappa shape index (κ2) is 6.09. The van der Waals surface area contributed by atoms with Gasteiger partial charge in [-0.15, -0.1) is 0 Å². The first kappa shape index (κ1) is 14.6. The van der Waals surface area contributed by atoms with Crippen LogP contribution in [0, 0.1) is 28.9 Å². The molecule has 0 fully saturated rings. The number of hydrogen-bond acceptors (Lipinski definition) is 4. The van der Waals surface area contributed by atoms with Crippen molar-refractivity contribution in [3.8, 4) is 17.5 Å². The van der Waals surface area contributed by atoms with Crippen molar-refractivity contribution in [3.63, 3.8) is 0 Å². The quantitative estimate of drug-likeness (QED) is 0.792. The highest BCUT2D eigenvalue weighted by molar-refractivity contribution is 9.10. The van der Waals surface area contributed by atoms with Crippen molar-refractivity contribution >= 4 is 15.9 Å². The molecule has 20 heavy (non-hydrogen) atoms. The van der Waals surface area contributed by atoms with Gasteiger partial charge in [-0.2, -0.15) is 10.2 Å². The van der Waals surface area contributed by atoms with E-state index < -0.39 is 11.6 Å². The Hall–Kier alpha value is -1.81. The second-order valence-electron chi connectivity index (χ2n) is 4.41. The van der Waals surface area contributed by atoms with Gasteiger partial charge in [-0.05, 0) is 34.0 Å². The fraction of sp³-hybridized carbons (Fsp3) is 0.308. The van der Waals surface area contributed by atoms with Crippen molar-refractivity contribution in [2.24, 2.45) is 5.92 Å². The molecule has 0 amide bonds. The Balaban J connectivity index is 2.26. The number of nitrogens with zero attached hydrogens (tertiary/aromatic N) is 3. The monoisotopic (exact) mass is 341 g/mol. The van der Waals surface area contributed by atoms with Gasteiger partial charge >= 0.3 is 0 Å². The highest BCUT2D eigenvalue weighted by Gasteiger charge is 2.17. The van der Waals surface area contributed by atoms with Crippen LogP contribution in [0.25, 0.3) is 11.4 Å². The number of halogens is 3. The Kier molecular flexibility index (Phi) is 4.45. The van der Waals surface area contributed by atoms with Gasteiger partial charge in [-0.1, -0.05) is 12.1 Å². The molecule has 1 atom stereocenters. The number of aromatic nitrogens is 2. The van der Waals surface area contributed by atoms with E-state index in [-0.39, 0.29) is 16.2 Å². The minimum Gasteiger partial charge on any atom is -0.339 e. The molecule has 2 rings (SSSR count). The molecule has 104 valence electrons. The summed E-state index contributed by atoms with van der Waals surface area (Å²) in [5.74, 6) is -1.32. The molecule has 7 heteroatoms. The molecule has 1 aromatic carbocycles. The average molecular weight is 342 g/mol. The summed E-state index contributed by atoms with van der Waals surface area (Å²) in [5.41, 5.74) is 0.312. The lowest BCUT2D eigenvalue weighted by atomic mass is 10.1. The first-order valence-electron chi connectivity index (χ1n) is 5.86. The first-order valence-corrected chi connectivity index (χ1v) is 6.65. The Bertz CT molecular complexity index is 666. The maximum Gasteiger partial charge on any atom is 0.227 e. The highest BCUT2D eigenvalue weighted by atomic mass is 79.9. The molecule has 0 saturated carbocycles. The Morgan fingerprint density at radius 2 is 2.20 bits per heavy atom. The molecule has 0 spiro atoms. The van der Waals surface area contributed by atoms with Crippen LogP contribution in [0.1, 0.15) is 19.2 Å². The molecule has 0 saturated heterocycles. The first-order chi connectivity index (χ1) is 9.52. The highest BCUT2D eigenvalue weighted by Crippen LogP contribution is 2.30. The topological polar surface area (TPSA) is 62.7 Å². The van der Waals surface area contributed by atoms with Gasteiger partial charge in [0, 0.05) is 18.4 Å². The van der Waals surface area contributed by atoms with Gasteiger partial charge in [0.25, 0.3) is 0 Å². The van der Waals surface area contributed by atoms with Gasteiger partial charge in [0.15, 0.2) is 11.6 Å². The summed E-state index contributed by atoms with van der Waals surface area (Å²) in [6.07, 6.45) is 0.842. The normalized spacial score (nSPS) is 12.2. The molecular weight excluding hydrogens is 332 g/mol. The van der Waals surface area contributed by atoms with Crippen LogP contribution in [0.4, 0.5) is 8.78 Å². The molecule has 0 aliphatic heterocycles. The van der Waals surface area contributed by atoms with Gasteiger partial charge in [0.05, 0.1) is 10.5 Å². The van der Waals surface area contributed by atoms with E-state index in [0.717, 1.165) is 6.07 Å². The summed E-state index contributed by atoms with van der Waals surface area (Å²) in [6, 6.07) is 4.44. The molecule has 0 bridgehead atoms. The lowest BCUT2D eigenvalue weighted by Crippen LogP contribution is -1.98. The summed E-state index contributed by atoms with van der Waals surface area (Å²) < 4.78 is 31.5. The zero-order valence-electron chi connectivity index (χ0n) is 10.5. The minimum atomic E-state index is -0.994. The van der Waals surface area contributed by atoms with E-state index in [1.165, 1.54) is 6.07 Å². The van der Waals surface area contributed by atoms with Crippen molar-refractivity contribution in [2.45, 2.75) is 19.8 Å². The van der Waals surface area contributed by atoms with Crippen LogP contribution < -0.4 is 0 Å². The number of rotatable bonds is 4. The van der Waals surface area contributed by atoms with E-state index in [9.17, 15) is 8.78 Å². The van der Waals surface area contributed by atoms with Crippen LogP contribution in [-0.4, -0.2) is 10.1 Å². The van der Waals surface area contributed by atoms with Crippen LogP contribution in [-0.2, 0) is 6.42 Å². The van der Waals surface area contributed by atoms with E-state index in [4.69, 9.17) is 9.78 Å². The van der Waals surface area contributed by atoms with Crippen molar-refractivity contribution in [3.05, 3.63) is 34.1 Å². The van der Waals surface area contributed by atoms with E-state index >= 15 is 0 Å². The summed E-state index contributed by atoms with van der Waals surface area (Å²) in [4.78, 5) is 4.13. The standard InChI is InChI=1S/C13H10BrF2N3O/c1-7(4-5-17)6-10-18-13(19-20-10)8-2-3-9(15)12(16)11(8)14/h2-3,7H,4,6H2,1H3. The predicted octanol–water partition coefficient (Wildman–Crippen LogP) is 3.87. The summed E-state index contributed by atoms with van der Waals surface area (Å²) in [6.45, 7) is 1.89. The smallest absolute Gasteiger partial charge is 0.227 e. The maximum absolute atomic E-state index is 13.5. The van der Waals surface area contributed by atoms with Gasteiger partial charge in [-0.25, -0.2) is 8.78 Å². The van der Waals surface area contributed by atoms with Crippen LogP contribution >= 0.6 is 15.9 Å². The van der Waals surface area contributed by atoms with Crippen molar-refractivity contribution in [2.75, 3.05) is 0 Å². The molecule has 0 radical (unpaired) electrons. The summed E-state index contributed by atoms with van der Waals surface area (Å²) in [5, 5.41) is 12.3. The van der Waals surface area contributed by atoms with Gasteiger partial charge in [0.2, 0.25) is 11.7 Å². The van der Waals surface area contributed by atoms with Crippen molar-refractivity contribution < 1.29 is 13.3 Å². The molecule has 1 heterocycles. The van der Waals surface area contributed by atoms with Gasteiger partial charge in [0.1, 0.15) is 0 Å². The summed E-state index contributed by atoms with van der Waals surface area (Å²) in [7, 11) is 0. The maximum atomic E-state index is 13.5. The van der Waals surface area contributed by atoms with E-state index in [1.807, 2.05) is 6.92 Å². The Morgan fingerprint density at radius 3 is 2.90 bits per heavy atom. The zero-order valence-corrected chi connectivity index (χ0v) is 12.1. The van der Waals surface area contributed by atoms with Gasteiger partial charge in [-0.3, -0.25) is 0 Å². The average Bonchev–Trinajstić information content (AvgIpc) is 2.84. The van der Waals surface area contributed by atoms with Crippen LogP contribution in [0.15, 0.2) is 21.1 Å². The number of benzene rings is 1. The van der Waals surface area contributed by atoms with Crippen molar-refractivity contribution in [1.82, 2.24) is 10.1 Å². The lowest BCUT2D eigenvalue weighted by Gasteiger charge is -2.01. The fourth-order valence-corrected chi connectivity index (χ4v) is 2.17. The molecule has 0 N–H and O–H groups in total. The van der Waals surface area contributed by atoms with E-state index in [2.05, 4.69) is 32.1 Å². The SMILES string of the molecule is CC(CC#N)Cc1nc(-c2ccc(F)c(F)c2Br)no1. The zero-order chi connectivity index (χ0) is 14.7. The van der Waals surface area contributed by atoms with Gasteiger partial charge < -0.3 is 4.52 Å². The number of hydrogen-bond donors (Lipinski definition) is 0. The summed E-state index contributed by atoms with van der Waals surface area (Å²) >= 11 is 2.97. The van der Waals surface area contributed by atoms with Crippen LogP contribution in [0.2, 0.25) is 0 Å². The minimum absolute atomic E-state index is 0.0464. The molecule has 0 aliphatic rings. The van der Waals surface area contributed by atoms with E-state index in [1.54, 1.807) is 0 Å². The van der Waals surface area contributed by atoms with E-state index in [0.29, 0.717) is 24.3 Å². The third-order valence-electron chi connectivity index (χ3n) is 2.71. The molecule has 1 aromatic heterocycles. The Labute approximate surface area is 122 Å². The van der Waals surface area contributed by atoms with Crippen LogP contribution in [0.3, 0.4) is 0 Å². The third-order valence-corrected chi connectivity index (χ3v) is 3.48. The third kappa shape index (κ3) is 3.02. The van der Waals surface area contributed by atoms with Crippen molar-refractivity contribution in [1.29, 1.82) is 5.26 Å². The molecule has 2 aromatic rings.